The fourth-order valence-electron chi connectivity index (χ4n) is 3.27. The molecule has 2 N–H and O–H groups in total. The Labute approximate surface area is 182 Å². The Hall–Kier alpha value is -3.49. The molecular weight excluding hydrogens is 421 g/mol. The van der Waals surface area contributed by atoms with Crippen molar-refractivity contribution in [2.24, 2.45) is 7.05 Å². The summed E-state index contributed by atoms with van der Waals surface area (Å²) in [7, 11) is 1.90. The first-order valence-electron chi connectivity index (χ1n) is 9.46. The molecule has 7 nitrogen and oxygen atoms in total. The minimum Gasteiger partial charge on any atom is -0.394 e. The Morgan fingerprint density at radius 3 is 2.71 bits per heavy atom. The van der Waals surface area contributed by atoms with E-state index in [9.17, 15) is 14.3 Å². The predicted molar refractivity (Wildman–Crippen MR) is 117 cm³/mol. The first-order valence-corrected chi connectivity index (χ1v) is 9.84. The summed E-state index contributed by atoms with van der Waals surface area (Å²) in [4.78, 5) is 21.5. The van der Waals surface area contributed by atoms with Gasteiger partial charge in [0.15, 0.2) is 0 Å². The summed E-state index contributed by atoms with van der Waals surface area (Å²) in [6, 6.07) is 12.1. The molecule has 0 saturated carbocycles. The summed E-state index contributed by atoms with van der Waals surface area (Å²) < 4.78 is 17.1. The number of benzene rings is 1. The SMILES string of the molecule is Cn1cccc1Nc1nccc(-c2ccn(C(CO)c3ccc(Cl)c(F)c3)c(=O)c2)n1. The molecule has 1 unspecified atom stereocenters. The van der Waals surface area contributed by atoms with E-state index in [-0.39, 0.29) is 17.2 Å². The fourth-order valence-corrected chi connectivity index (χ4v) is 3.38. The molecule has 3 heterocycles. The van der Waals surface area contributed by atoms with E-state index in [1.807, 2.05) is 29.9 Å². The molecule has 4 rings (SSSR count). The van der Waals surface area contributed by atoms with E-state index in [1.54, 1.807) is 30.6 Å². The van der Waals surface area contributed by atoms with Gasteiger partial charge >= 0.3 is 0 Å². The summed E-state index contributed by atoms with van der Waals surface area (Å²) in [5, 5.41) is 12.9. The van der Waals surface area contributed by atoms with Crippen LogP contribution < -0.4 is 10.9 Å². The van der Waals surface area contributed by atoms with Gasteiger partial charge in [0.2, 0.25) is 5.95 Å². The van der Waals surface area contributed by atoms with Crippen molar-refractivity contribution in [3.63, 3.8) is 0 Å². The third-order valence-corrected chi connectivity index (χ3v) is 5.23. The van der Waals surface area contributed by atoms with Crippen molar-refractivity contribution in [2.45, 2.75) is 6.04 Å². The zero-order valence-corrected chi connectivity index (χ0v) is 17.3. The summed E-state index contributed by atoms with van der Waals surface area (Å²) in [5.41, 5.74) is 1.24. The van der Waals surface area contributed by atoms with Gasteiger partial charge in [-0.05, 0) is 42.0 Å². The summed E-state index contributed by atoms with van der Waals surface area (Å²) in [6.45, 7) is -0.376. The Kier molecular flexibility index (Phi) is 5.83. The fraction of sp³-hybridized carbons (Fsp3) is 0.136. The van der Waals surface area contributed by atoms with Crippen LogP contribution in [-0.2, 0) is 7.05 Å². The number of aliphatic hydroxyl groups is 1. The van der Waals surface area contributed by atoms with Crippen molar-refractivity contribution >= 4 is 23.4 Å². The number of hydrogen-bond donors (Lipinski definition) is 2. The number of aromatic nitrogens is 4. The quantitative estimate of drug-likeness (QED) is 0.478. The number of aryl methyl sites for hydroxylation is 1. The number of aliphatic hydroxyl groups excluding tert-OH is 1. The molecule has 0 bridgehead atoms. The zero-order valence-electron chi connectivity index (χ0n) is 16.5. The minimum atomic E-state index is -0.742. The molecule has 0 amide bonds. The molecule has 9 heteroatoms. The summed E-state index contributed by atoms with van der Waals surface area (Å²) in [5.74, 6) is 0.614. The second kappa shape index (κ2) is 8.71. The lowest BCUT2D eigenvalue weighted by Gasteiger charge is -2.18. The molecule has 4 aromatic rings. The van der Waals surface area contributed by atoms with E-state index < -0.39 is 11.9 Å². The molecule has 0 aliphatic carbocycles. The predicted octanol–water partition coefficient (Wildman–Crippen LogP) is 3.76. The number of rotatable bonds is 6. The Bertz CT molecular complexity index is 1290. The van der Waals surface area contributed by atoms with E-state index in [0.717, 1.165) is 5.82 Å². The number of nitrogens with zero attached hydrogens (tertiary/aromatic N) is 4. The molecular formula is C22H19ClFN5O2. The lowest BCUT2D eigenvalue weighted by molar-refractivity contribution is 0.247. The van der Waals surface area contributed by atoms with Crippen molar-refractivity contribution in [3.8, 4) is 11.3 Å². The lowest BCUT2D eigenvalue weighted by atomic mass is 10.1. The molecule has 1 atom stereocenters. The second-order valence-corrected chi connectivity index (χ2v) is 7.33. The standard InChI is InChI=1S/C22H19ClFN5O2/c1-28-9-2-3-20(28)27-22-25-8-6-18(26-22)14-7-10-29(21(31)12-14)19(13-30)15-4-5-16(23)17(24)11-15/h2-12,19,30H,13H2,1H3,(H,25,26,27). The van der Waals surface area contributed by atoms with E-state index in [2.05, 4.69) is 15.3 Å². The monoisotopic (exact) mass is 439 g/mol. The van der Waals surface area contributed by atoms with Gasteiger partial charge in [0.05, 0.1) is 23.4 Å². The number of pyridine rings is 1. The van der Waals surface area contributed by atoms with Crippen LogP contribution in [0.2, 0.25) is 5.02 Å². The van der Waals surface area contributed by atoms with E-state index >= 15 is 0 Å². The molecule has 0 fully saturated rings. The van der Waals surface area contributed by atoms with Crippen molar-refractivity contribution in [1.82, 2.24) is 19.1 Å². The van der Waals surface area contributed by atoms with Crippen molar-refractivity contribution in [2.75, 3.05) is 11.9 Å². The van der Waals surface area contributed by atoms with Crippen LogP contribution in [0.25, 0.3) is 11.3 Å². The van der Waals surface area contributed by atoms with Crippen LogP contribution in [0.3, 0.4) is 0 Å². The molecule has 31 heavy (non-hydrogen) atoms. The van der Waals surface area contributed by atoms with Crippen LogP contribution in [0, 0.1) is 5.82 Å². The summed E-state index contributed by atoms with van der Waals surface area (Å²) in [6.07, 6.45) is 5.06. The average molecular weight is 440 g/mol. The maximum Gasteiger partial charge on any atom is 0.251 e. The van der Waals surface area contributed by atoms with Crippen LogP contribution in [0.1, 0.15) is 11.6 Å². The van der Waals surface area contributed by atoms with Crippen LogP contribution in [0.5, 0.6) is 0 Å². The Morgan fingerprint density at radius 2 is 2.03 bits per heavy atom. The van der Waals surface area contributed by atoms with E-state index in [4.69, 9.17) is 11.6 Å². The Morgan fingerprint density at radius 1 is 1.19 bits per heavy atom. The number of nitrogens with one attached hydrogen (secondary N) is 1. The van der Waals surface area contributed by atoms with Crippen LogP contribution in [0.15, 0.2) is 71.9 Å². The van der Waals surface area contributed by atoms with Crippen LogP contribution in [0.4, 0.5) is 16.2 Å². The second-order valence-electron chi connectivity index (χ2n) is 6.93. The van der Waals surface area contributed by atoms with Gasteiger partial charge in [-0.25, -0.2) is 14.4 Å². The van der Waals surface area contributed by atoms with Gasteiger partial charge in [-0.2, -0.15) is 0 Å². The topological polar surface area (TPSA) is 85.0 Å². The summed E-state index contributed by atoms with van der Waals surface area (Å²) >= 11 is 5.74. The van der Waals surface area contributed by atoms with Crippen LogP contribution >= 0.6 is 11.6 Å². The van der Waals surface area contributed by atoms with Gasteiger partial charge in [-0.15, -0.1) is 0 Å². The molecule has 0 radical (unpaired) electrons. The van der Waals surface area contributed by atoms with Gasteiger partial charge < -0.3 is 19.6 Å². The molecule has 1 aromatic carbocycles. The normalized spacial score (nSPS) is 12.0. The molecule has 3 aromatic heterocycles. The molecule has 0 spiro atoms. The lowest BCUT2D eigenvalue weighted by Crippen LogP contribution is -2.27. The molecule has 0 aliphatic rings. The number of anilines is 2. The number of hydrogen-bond acceptors (Lipinski definition) is 5. The highest BCUT2D eigenvalue weighted by molar-refractivity contribution is 6.30. The third-order valence-electron chi connectivity index (χ3n) is 4.92. The maximum absolute atomic E-state index is 13.9. The first kappa shape index (κ1) is 20.8. The highest BCUT2D eigenvalue weighted by Crippen LogP contribution is 2.23. The molecule has 0 aliphatic heterocycles. The highest BCUT2D eigenvalue weighted by Gasteiger charge is 2.16. The molecule has 0 saturated heterocycles. The first-order chi connectivity index (χ1) is 15.0. The minimum absolute atomic E-state index is 0.0216. The highest BCUT2D eigenvalue weighted by atomic mass is 35.5. The largest absolute Gasteiger partial charge is 0.394 e. The van der Waals surface area contributed by atoms with Gasteiger partial charge in [0.25, 0.3) is 5.56 Å². The Balaban J connectivity index is 1.64. The zero-order chi connectivity index (χ0) is 22.0. The van der Waals surface area contributed by atoms with Gasteiger partial charge in [0, 0.05) is 37.3 Å². The molecule has 158 valence electrons. The van der Waals surface area contributed by atoms with E-state index in [1.165, 1.54) is 22.8 Å². The van der Waals surface area contributed by atoms with Gasteiger partial charge in [-0.1, -0.05) is 17.7 Å². The average Bonchev–Trinajstić information content (AvgIpc) is 3.16. The third kappa shape index (κ3) is 4.35. The van der Waals surface area contributed by atoms with Crippen molar-refractivity contribution in [3.05, 3.63) is 93.9 Å². The smallest absolute Gasteiger partial charge is 0.251 e. The van der Waals surface area contributed by atoms with Crippen molar-refractivity contribution in [1.29, 1.82) is 0 Å². The van der Waals surface area contributed by atoms with Gasteiger partial charge in [0.1, 0.15) is 11.6 Å². The van der Waals surface area contributed by atoms with Crippen molar-refractivity contribution < 1.29 is 9.50 Å². The van der Waals surface area contributed by atoms with Gasteiger partial charge in [-0.3, -0.25) is 4.79 Å². The van der Waals surface area contributed by atoms with Crippen LogP contribution in [-0.4, -0.2) is 30.8 Å². The maximum atomic E-state index is 13.9. The van der Waals surface area contributed by atoms with E-state index in [0.29, 0.717) is 22.8 Å². The number of halogens is 2.